The molecule has 4 N–H and O–H groups in total. The van der Waals surface area contributed by atoms with E-state index >= 15 is 0 Å². The van der Waals surface area contributed by atoms with Crippen LogP contribution >= 0.6 is 0 Å². The Kier molecular flexibility index (Phi) is 7.00. The first kappa shape index (κ1) is 29.4. The molecule has 43 heavy (non-hydrogen) atoms. The molecule has 2 heterocycles. The Bertz CT molecular complexity index is 1490. The van der Waals surface area contributed by atoms with Crippen molar-refractivity contribution in [3.63, 3.8) is 0 Å². The van der Waals surface area contributed by atoms with Gasteiger partial charge in [-0.05, 0) is 82.5 Å². The fraction of sp³-hybridized carbons (Fsp3) is 0.733. The van der Waals surface area contributed by atoms with Gasteiger partial charge in [-0.3, -0.25) is 33.8 Å². The number of amides is 3. The third-order valence-corrected chi connectivity index (χ3v) is 11.0. The highest BCUT2D eigenvalue weighted by molar-refractivity contribution is 6.07. The van der Waals surface area contributed by atoms with Gasteiger partial charge in [-0.1, -0.05) is 12.8 Å². The lowest BCUT2D eigenvalue weighted by atomic mass is 9.51. The number of hydrogen-bond acceptors (Lipinski definition) is 8. The summed E-state index contributed by atoms with van der Waals surface area (Å²) in [6.07, 6.45) is 8.45. The molecule has 13 nitrogen and oxygen atoms in total. The summed E-state index contributed by atoms with van der Waals surface area (Å²) in [6, 6.07) is -0.826. The zero-order valence-electron chi connectivity index (χ0n) is 25.0. The SMILES string of the molecule is CCOC(=O)C1(CN2C(=O)N(C)C(=O)C23CC2(CCC(n4c(=O)c(C(=N)N)c(O)n(CC5CCCC5)c4=O)CC2)C3)CC1. The van der Waals surface area contributed by atoms with Gasteiger partial charge in [0.25, 0.3) is 11.5 Å². The number of carbonyl (C=O) groups is 3. The van der Waals surface area contributed by atoms with Gasteiger partial charge in [0.15, 0.2) is 0 Å². The van der Waals surface area contributed by atoms with Crippen LogP contribution in [0.1, 0.15) is 95.6 Å². The van der Waals surface area contributed by atoms with Gasteiger partial charge in [0.05, 0.1) is 12.0 Å². The molecular formula is C30H42N6O7. The number of hydrogen-bond donors (Lipinski definition) is 3. The Labute approximate surface area is 249 Å². The van der Waals surface area contributed by atoms with Crippen molar-refractivity contribution in [1.82, 2.24) is 18.9 Å². The van der Waals surface area contributed by atoms with Gasteiger partial charge in [-0.25, -0.2) is 9.59 Å². The fourth-order valence-electron chi connectivity index (χ4n) is 8.45. The summed E-state index contributed by atoms with van der Waals surface area (Å²) in [5.41, 5.74) is 2.06. The van der Waals surface area contributed by atoms with Gasteiger partial charge < -0.3 is 20.5 Å². The quantitative estimate of drug-likeness (QED) is 0.176. The Balaban J connectivity index is 1.22. The van der Waals surface area contributed by atoms with E-state index in [1.54, 1.807) is 11.8 Å². The molecule has 3 amide bonds. The molecule has 1 aromatic heterocycles. The zero-order valence-corrected chi connectivity index (χ0v) is 25.0. The van der Waals surface area contributed by atoms with Gasteiger partial charge in [0.1, 0.15) is 16.9 Å². The third-order valence-electron chi connectivity index (χ3n) is 11.0. The number of urea groups is 1. The number of nitrogens with one attached hydrogen (secondary N) is 1. The highest BCUT2D eigenvalue weighted by Crippen LogP contribution is 2.63. The van der Waals surface area contributed by atoms with Crippen LogP contribution in [0.15, 0.2) is 9.59 Å². The van der Waals surface area contributed by atoms with Gasteiger partial charge >= 0.3 is 17.7 Å². The molecule has 4 saturated carbocycles. The van der Waals surface area contributed by atoms with Crippen molar-refractivity contribution in [3.05, 3.63) is 26.4 Å². The smallest absolute Gasteiger partial charge is 0.334 e. The van der Waals surface area contributed by atoms with Gasteiger partial charge in [-0.2, -0.15) is 0 Å². The summed E-state index contributed by atoms with van der Waals surface area (Å²) >= 11 is 0. The van der Waals surface area contributed by atoms with Crippen LogP contribution in [0.3, 0.4) is 0 Å². The third kappa shape index (κ3) is 4.48. The average molecular weight is 599 g/mol. The number of imide groups is 1. The van der Waals surface area contributed by atoms with Crippen LogP contribution in [-0.2, 0) is 20.9 Å². The monoisotopic (exact) mass is 598 g/mol. The summed E-state index contributed by atoms with van der Waals surface area (Å²) in [7, 11) is 1.48. The molecule has 0 aromatic carbocycles. The van der Waals surface area contributed by atoms with E-state index in [4.69, 9.17) is 15.9 Å². The lowest BCUT2D eigenvalue weighted by molar-refractivity contribution is -0.156. The second-order valence-corrected chi connectivity index (χ2v) is 13.7. The first-order valence-corrected chi connectivity index (χ1v) is 15.6. The lowest BCUT2D eigenvalue weighted by Crippen LogP contribution is -2.65. The van der Waals surface area contributed by atoms with Crippen LogP contribution in [0.4, 0.5) is 4.79 Å². The molecule has 1 aliphatic heterocycles. The van der Waals surface area contributed by atoms with E-state index in [2.05, 4.69) is 0 Å². The molecule has 0 unspecified atom stereocenters. The summed E-state index contributed by atoms with van der Waals surface area (Å²) in [6.45, 7) is 2.44. The molecule has 2 spiro atoms. The predicted molar refractivity (Wildman–Crippen MR) is 155 cm³/mol. The number of nitrogen functional groups attached to an aromatic ring is 1. The van der Waals surface area contributed by atoms with Crippen molar-refractivity contribution in [2.24, 2.45) is 22.5 Å². The van der Waals surface area contributed by atoms with Crippen LogP contribution in [0.5, 0.6) is 5.88 Å². The first-order valence-electron chi connectivity index (χ1n) is 15.6. The van der Waals surface area contributed by atoms with Crippen molar-refractivity contribution in [1.29, 1.82) is 5.41 Å². The molecule has 0 bridgehead atoms. The Morgan fingerprint density at radius 1 is 1.05 bits per heavy atom. The van der Waals surface area contributed by atoms with E-state index in [0.717, 1.165) is 30.6 Å². The topological polar surface area (TPSA) is 181 Å². The van der Waals surface area contributed by atoms with Crippen molar-refractivity contribution >= 4 is 23.7 Å². The Hall–Kier alpha value is -3.64. The number of aromatic nitrogens is 2. The maximum absolute atomic E-state index is 13.6. The molecule has 13 heteroatoms. The highest BCUT2D eigenvalue weighted by atomic mass is 16.5. The highest BCUT2D eigenvalue weighted by Gasteiger charge is 2.70. The average Bonchev–Trinajstić information content (AvgIpc) is 3.51. The fourth-order valence-corrected chi connectivity index (χ4v) is 8.45. The van der Waals surface area contributed by atoms with Crippen LogP contribution in [0.25, 0.3) is 0 Å². The van der Waals surface area contributed by atoms with E-state index in [9.17, 15) is 29.1 Å². The molecule has 0 atom stereocenters. The van der Waals surface area contributed by atoms with Crippen LogP contribution < -0.4 is 17.0 Å². The maximum atomic E-state index is 13.6. The summed E-state index contributed by atoms with van der Waals surface area (Å²) in [5, 5.41) is 18.8. The largest absolute Gasteiger partial charge is 0.494 e. The van der Waals surface area contributed by atoms with Crippen LogP contribution in [0, 0.1) is 22.2 Å². The van der Waals surface area contributed by atoms with E-state index in [1.165, 1.54) is 16.2 Å². The molecule has 1 saturated heterocycles. The number of likely N-dealkylation sites (N-methyl/N-ethyl adjacent to an activating group) is 1. The van der Waals surface area contributed by atoms with Crippen molar-refractivity contribution in [3.8, 4) is 5.88 Å². The molecule has 234 valence electrons. The molecule has 5 aliphatic rings. The molecule has 4 aliphatic carbocycles. The summed E-state index contributed by atoms with van der Waals surface area (Å²) in [4.78, 5) is 69.2. The first-order chi connectivity index (χ1) is 20.4. The molecule has 0 radical (unpaired) electrons. The Morgan fingerprint density at radius 2 is 1.67 bits per heavy atom. The van der Waals surface area contributed by atoms with Crippen molar-refractivity contribution < 1.29 is 24.2 Å². The van der Waals surface area contributed by atoms with Gasteiger partial charge in [0.2, 0.25) is 5.88 Å². The van der Waals surface area contributed by atoms with Crippen molar-refractivity contribution in [2.75, 3.05) is 20.2 Å². The van der Waals surface area contributed by atoms with E-state index in [1.807, 2.05) is 0 Å². The minimum atomic E-state index is -0.994. The standard InChI is InChI=1S/C30H42N6O7/c1-3-43-25(40)29(12-13-29)17-35-26(41)33(2)24(39)30(35)15-28(16-30)10-8-19(9-11-28)36-23(38)20(21(31)32)22(37)34(27(36)42)14-18-6-4-5-7-18/h18-19,37H,3-17H2,1-2H3,(H3,31,32). The molecule has 5 fully saturated rings. The Morgan fingerprint density at radius 3 is 2.23 bits per heavy atom. The van der Waals surface area contributed by atoms with E-state index in [-0.39, 0.29) is 54.5 Å². The van der Waals surface area contributed by atoms with Gasteiger partial charge in [0, 0.05) is 26.2 Å². The normalized spacial score (nSPS) is 29.9. The number of nitrogens with two attached hydrogens (primary N) is 1. The van der Waals surface area contributed by atoms with E-state index < -0.39 is 40.0 Å². The summed E-state index contributed by atoms with van der Waals surface area (Å²) < 4.78 is 7.67. The molecular weight excluding hydrogens is 556 g/mol. The number of carbonyl (C=O) groups excluding carboxylic acids is 3. The summed E-state index contributed by atoms with van der Waals surface area (Å²) in [5.74, 6) is -1.47. The zero-order chi connectivity index (χ0) is 30.9. The molecule has 6 rings (SSSR count). The van der Waals surface area contributed by atoms with Crippen LogP contribution in [0.2, 0.25) is 0 Å². The number of nitrogens with zero attached hydrogens (tertiary/aromatic N) is 4. The number of aromatic hydroxyl groups is 1. The van der Waals surface area contributed by atoms with E-state index in [0.29, 0.717) is 51.4 Å². The van der Waals surface area contributed by atoms with Crippen LogP contribution in [-0.4, -0.2) is 73.5 Å². The van der Waals surface area contributed by atoms with Crippen molar-refractivity contribution in [2.45, 2.75) is 102 Å². The number of esters is 1. The molecule has 1 aromatic rings. The number of amidine groups is 1. The minimum absolute atomic E-state index is 0.163. The number of rotatable bonds is 8. The van der Waals surface area contributed by atoms with Gasteiger partial charge in [-0.15, -0.1) is 0 Å². The number of ether oxygens (including phenoxy) is 1. The predicted octanol–water partition coefficient (Wildman–Crippen LogP) is 2.06. The maximum Gasteiger partial charge on any atom is 0.334 e. The second-order valence-electron chi connectivity index (χ2n) is 13.7. The lowest BCUT2D eigenvalue weighted by Gasteiger charge is -2.58. The minimum Gasteiger partial charge on any atom is -0.494 e. The second kappa shape index (κ2) is 10.2.